The van der Waals surface area contributed by atoms with Crippen LogP contribution in [0.5, 0.6) is 0 Å². The van der Waals surface area contributed by atoms with Crippen LogP contribution in [0, 0.1) is 21.4 Å². The minimum Gasteiger partial charge on any atom is -0.481 e. The average molecular weight is 239 g/mol. The van der Waals surface area contributed by atoms with E-state index in [9.17, 15) is 14.9 Å². The SMILES string of the molecule is Cn1ncc([N+](=O)[O-])c1[C@H]1[C@H](C(=O)O)C1(C)C. The monoisotopic (exact) mass is 239 g/mol. The Labute approximate surface area is 97.2 Å². The molecule has 92 valence electrons. The number of carbonyl (C=O) groups is 1. The summed E-state index contributed by atoms with van der Waals surface area (Å²) >= 11 is 0. The second-order valence-corrected chi connectivity index (χ2v) is 4.91. The summed E-state index contributed by atoms with van der Waals surface area (Å²) < 4.78 is 1.40. The van der Waals surface area contributed by atoms with E-state index in [1.54, 1.807) is 20.9 Å². The molecule has 1 aliphatic rings. The molecule has 0 radical (unpaired) electrons. The summed E-state index contributed by atoms with van der Waals surface area (Å²) in [6, 6.07) is 0. The van der Waals surface area contributed by atoms with Gasteiger partial charge in [0.15, 0.2) is 0 Å². The summed E-state index contributed by atoms with van der Waals surface area (Å²) in [5.41, 5.74) is -0.175. The van der Waals surface area contributed by atoms with Crippen molar-refractivity contribution < 1.29 is 14.8 Å². The van der Waals surface area contributed by atoms with E-state index in [1.807, 2.05) is 0 Å². The highest BCUT2D eigenvalue weighted by molar-refractivity contribution is 5.78. The number of hydrogen-bond donors (Lipinski definition) is 1. The molecular weight excluding hydrogens is 226 g/mol. The van der Waals surface area contributed by atoms with Crippen LogP contribution in [0.2, 0.25) is 0 Å². The number of nitrogens with zero attached hydrogens (tertiary/aromatic N) is 3. The van der Waals surface area contributed by atoms with Crippen molar-refractivity contribution >= 4 is 11.7 Å². The Hall–Kier alpha value is -1.92. The van der Waals surface area contributed by atoms with Gasteiger partial charge in [0.05, 0.1) is 10.8 Å². The highest BCUT2D eigenvalue weighted by Crippen LogP contribution is 2.65. The largest absolute Gasteiger partial charge is 0.481 e. The standard InChI is InChI=1S/C10H13N3O4/c1-10(2)6(7(10)9(14)15)8-5(13(16)17)4-11-12(8)3/h4,6-7H,1-3H3,(H,14,15)/t6-,7-/m1/s1. The van der Waals surface area contributed by atoms with Crippen molar-refractivity contribution in [2.45, 2.75) is 19.8 Å². The predicted molar refractivity (Wildman–Crippen MR) is 57.5 cm³/mol. The van der Waals surface area contributed by atoms with E-state index in [4.69, 9.17) is 5.11 Å². The molecule has 2 rings (SSSR count). The van der Waals surface area contributed by atoms with Crippen LogP contribution in [0.3, 0.4) is 0 Å². The van der Waals surface area contributed by atoms with Gasteiger partial charge in [-0.25, -0.2) is 0 Å². The molecule has 0 aliphatic heterocycles. The van der Waals surface area contributed by atoms with E-state index in [-0.39, 0.29) is 11.6 Å². The second-order valence-electron chi connectivity index (χ2n) is 4.91. The molecule has 2 atom stereocenters. The third kappa shape index (κ3) is 1.49. The number of aryl methyl sites for hydroxylation is 1. The molecule has 7 nitrogen and oxygen atoms in total. The lowest BCUT2D eigenvalue weighted by molar-refractivity contribution is -0.385. The number of carboxylic acids is 1. The molecule has 1 fully saturated rings. The van der Waals surface area contributed by atoms with Gasteiger partial charge in [0.2, 0.25) is 0 Å². The van der Waals surface area contributed by atoms with Crippen LogP contribution in [0.15, 0.2) is 6.20 Å². The van der Waals surface area contributed by atoms with Gasteiger partial charge >= 0.3 is 11.7 Å². The summed E-state index contributed by atoms with van der Waals surface area (Å²) in [6.07, 6.45) is 1.17. The Kier molecular flexibility index (Phi) is 2.23. The van der Waals surface area contributed by atoms with Crippen LogP contribution in [-0.2, 0) is 11.8 Å². The summed E-state index contributed by atoms with van der Waals surface area (Å²) in [5.74, 6) is -1.86. The molecule has 1 aromatic heterocycles. The fourth-order valence-corrected chi connectivity index (χ4v) is 2.55. The van der Waals surface area contributed by atoms with Crippen molar-refractivity contribution in [2.24, 2.45) is 18.4 Å². The summed E-state index contributed by atoms with van der Waals surface area (Å²) in [7, 11) is 1.59. The van der Waals surface area contributed by atoms with Crippen LogP contribution in [0.25, 0.3) is 0 Å². The maximum atomic E-state index is 11.1. The smallest absolute Gasteiger partial charge is 0.310 e. The molecule has 1 N–H and O–H groups in total. The van der Waals surface area contributed by atoms with Gasteiger partial charge in [-0.05, 0) is 5.41 Å². The van der Waals surface area contributed by atoms with Gasteiger partial charge in [-0.3, -0.25) is 19.6 Å². The number of rotatable bonds is 3. The first-order valence-electron chi connectivity index (χ1n) is 5.17. The zero-order valence-corrected chi connectivity index (χ0v) is 9.75. The van der Waals surface area contributed by atoms with E-state index < -0.39 is 22.2 Å². The van der Waals surface area contributed by atoms with Gasteiger partial charge in [0.1, 0.15) is 11.9 Å². The Bertz CT molecular complexity index is 506. The Morgan fingerprint density at radius 2 is 2.24 bits per heavy atom. The van der Waals surface area contributed by atoms with Crippen molar-refractivity contribution in [2.75, 3.05) is 0 Å². The van der Waals surface area contributed by atoms with E-state index in [1.165, 1.54) is 10.9 Å². The highest BCUT2D eigenvalue weighted by Gasteiger charge is 2.65. The lowest BCUT2D eigenvalue weighted by atomic mass is 10.1. The molecule has 1 heterocycles. The fraction of sp³-hybridized carbons (Fsp3) is 0.600. The first-order chi connectivity index (χ1) is 7.78. The number of aliphatic carboxylic acids is 1. The number of aromatic nitrogens is 2. The minimum absolute atomic E-state index is 0.102. The zero-order valence-electron chi connectivity index (χ0n) is 9.75. The van der Waals surface area contributed by atoms with Crippen molar-refractivity contribution in [1.29, 1.82) is 0 Å². The number of carboxylic acid groups (broad SMARTS) is 1. The summed E-state index contributed by atoms with van der Waals surface area (Å²) in [4.78, 5) is 21.4. The topological polar surface area (TPSA) is 98.3 Å². The third-order valence-corrected chi connectivity index (χ3v) is 3.55. The second kappa shape index (κ2) is 3.28. The third-order valence-electron chi connectivity index (χ3n) is 3.55. The molecule has 0 spiro atoms. The van der Waals surface area contributed by atoms with E-state index >= 15 is 0 Å². The van der Waals surface area contributed by atoms with Gasteiger partial charge in [-0.15, -0.1) is 0 Å². The Morgan fingerprint density at radius 3 is 2.65 bits per heavy atom. The molecule has 1 aromatic rings. The predicted octanol–water partition coefficient (Wildman–Crippen LogP) is 1.15. The number of hydrogen-bond acceptors (Lipinski definition) is 4. The van der Waals surface area contributed by atoms with Crippen molar-refractivity contribution in [3.05, 3.63) is 22.0 Å². The fourth-order valence-electron chi connectivity index (χ4n) is 2.55. The van der Waals surface area contributed by atoms with Gasteiger partial charge < -0.3 is 5.11 Å². The highest BCUT2D eigenvalue weighted by atomic mass is 16.6. The molecule has 0 aromatic carbocycles. The van der Waals surface area contributed by atoms with Gasteiger partial charge in [-0.2, -0.15) is 5.10 Å². The average Bonchev–Trinajstić information content (AvgIpc) is 2.56. The van der Waals surface area contributed by atoms with Crippen molar-refractivity contribution in [3.63, 3.8) is 0 Å². The maximum absolute atomic E-state index is 11.1. The molecule has 0 amide bonds. The normalized spacial score (nSPS) is 25.6. The van der Waals surface area contributed by atoms with E-state index in [0.29, 0.717) is 5.69 Å². The van der Waals surface area contributed by atoms with Crippen LogP contribution >= 0.6 is 0 Å². The molecule has 0 unspecified atom stereocenters. The summed E-state index contributed by atoms with van der Waals surface area (Å²) in [5, 5.41) is 23.8. The molecule has 1 aliphatic carbocycles. The first-order valence-corrected chi connectivity index (χ1v) is 5.17. The van der Waals surface area contributed by atoms with Crippen LogP contribution in [0.1, 0.15) is 25.5 Å². The Balaban J connectivity index is 2.46. The minimum atomic E-state index is -0.921. The maximum Gasteiger partial charge on any atom is 0.310 e. The van der Waals surface area contributed by atoms with Gasteiger partial charge in [-0.1, -0.05) is 13.8 Å². The lowest BCUT2D eigenvalue weighted by Crippen LogP contribution is -2.04. The van der Waals surface area contributed by atoms with Gasteiger partial charge in [0.25, 0.3) is 0 Å². The molecule has 0 saturated heterocycles. The van der Waals surface area contributed by atoms with Crippen LogP contribution < -0.4 is 0 Å². The number of nitro groups is 1. The first kappa shape index (κ1) is 11.6. The van der Waals surface area contributed by atoms with Crippen molar-refractivity contribution in [3.8, 4) is 0 Å². The summed E-state index contributed by atoms with van der Waals surface area (Å²) in [6.45, 7) is 3.60. The van der Waals surface area contributed by atoms with Gasteiger partial charge in [0, 0.05) is 13.0 Å². The molecule has 7 heteroatoms. The molecular formula is C10H13N3O4. The lowest BCUT2D eigenvalue weighted by Gasteiger charge is -2.02. The quantitative estimate of drug-likeness (QED) is 0.630. The molecule has 1 saturated carbocycles. The van der Waals surface area contributed by atoms with E-state index in [0.717, 1.165) is 0 Å². The van der Waals surface area contributed by atoms with Crippen LogP contribution in [0.4, 0.5) is 5.69 Å². The Morgan fingerprint density at radius 1 is 1.65 bits per heavy atom. The van der Waals surface area contributed by atoms with Crippen molar-refractivity contribution in [1.82, 2.24) is 9.78 Å². The molecule has 0 bridgehead atoms. The van der Waals surface area contributed by atoms with E-state index in [2.05, 4.69) is 5.10 Å². The molecule has 17 heavy (non-hydrogen) atoms. The zero-order chi connectivity index (χ0) is 13.0. The van der Waals surface area contributed by atoms with Crippen LogP contribution in [-0.4, -0.2) is 25.8 Å².